The van der Waals surface area contributed by atoms with E-state index in [1.807, 2.05) is 13.8 Å². The normalized spacial score (nSPS) is 13.6. The molecule has 0 saturated heterocycles. The van der Waals surface area contributed by atoms with Crippen LogP contribution in [0.5, 0.6) is 0 Å². The van der Waals surface area contributed by atoms with Crippen molar-refractivity contribution in [3.05, 3.63) is 51.7 Å². The lowest BCUT2D eigenvalue weighted by Gasteiger charge is -2.18. The predicted molar refractivity (Wildman–Crippen MR) is 108 cm³/mol. The molecule has 0 atom stereocenters. The summed E-state index contributed by atoms with van der Waals surface area (Å²) in [7, 11) is -1.98. The van der Waals surface area contributed by atoms with E-state index in [0.717, 1.165) is 5.56 Å². The van der Waals surface area contributed by atoms with E-state index in [2.05, 4.69) is 10.0 Å². The van der Waals surface area contributed by atoms with Crippen LogP contribution in [0.1, 0.15) is 37.8 Å². The molecule has 1 aliphatic carbocycles. The fourth-order valence-corrected chi connectivity index (χ4v) is 3.98. The van der Waals surface area contributed by atoms with Crippen LogP contribution in [0.3, 0.4) is 0 Å². The molecular weight excluding hydrogens is 369 g/mol. The second kappa shape index (κ2) is 8.12. The summed E-state index contributed by atoms with van der Waals surface area (Å²) in [5.41, 5.74) is 1.44. The van der Waals surface area contributed by atoms with Crippen LogP contribution in [-0.4, -0.2) is 18.2 Å². The first-order valence-corrected chi connectivity index (χ1v) is 10.5. The van der Waals surface area contributed by atoms with Gasteiger partial charge in [0, 0.05) is 18.8 Å². The number of aromatic nitrogens is 1. The maximum absolute atomic E-state index is 14.2. The van der Waals surface area contributed by atoms with Gasteiger partial charge in [-0.15, -0.1) is 0 Å². The zero-order chi connectivity index (χ0) is 20.4. The molecule has 0 spiro atoms. The number of aryl methyl sites for hydroxylation is 2. The van der Waals surface area contributed by atoms with Crippen molar-refractivity contribution in [2.24, 2.45) is 7.05 Å². The van der Waals surface area contributed by atoms with Crippen LogP contribution in [0, 0.1) is 19.7 Å². The zero-order valence-electron chi connectivity index (χ0n) is 16.3. The number of pyridine rings is 1. The minimum absolute atomic E-state index is 0.175. The van der Waals surface area contributed by atoms with Crippen LogP contribution in [-0.2, 0) is 17.1 Å². The smallest absolute Gasteiger partial charge is 0.255 e. The third-order valence-electron chi connectivity index (χ3n) is 4.21. The van der Waals surface area contributed by atoms with Gasteiger partial charge in [-0.05, 0) is 44.4 Å². The van der Waals surface area contributed by atoms with E-state index in [9.17, 15) is 17.6 Å². The lowest BCUT2D eigenvalue weighted by molar-refractivity contribution is 0.600. The quantitative estimate of drug-likeness (QED) is 0.807. The average Bonchev–Trinajstić information content (AvgIpc) is 3.45. The molecule has 0 unspecified atom stereocenters. The highest BCUT2D eigenvalue weighted by atomic mass is 32.2. The third-order valence-corrected chi connectivity index (χ3v) is 6.06. The van der Waals surface area contributed by atoms with E-state index in [0.29, 0.717) is 18.4 Å². The number of hydrogen-bond acceptors (Lipinski definition) is 4. The lowest BCUT2D eigenvalue weighted by Crippen LogP contribution is -2.24. The highest BCUT2D eigenvalue weighted by molar-refractivity contribution is 7.93. The standard InChI is InChI=1S/C17H20FN3O3S.C2H6/c1-10-4-7-14(13(18)8-10)19-16-11(2)17(22)21(3)9-15(16)20-25(23,24)12-5-6-12;1-2/h4,7-9,12,19-20H,5-6H2,1-3H3;1-2H3. The van der Waals surface area contributed by atoms with Crippen LogP contribution < -0.4 is 15.6 Å². The van der Waals surface area contributed by atoms with Gasteiger partial charge in [-0.3, -0.25) is 9.52 Å². The molecule has 1 fully saturated rings. The highest BCUT2D eigenvalue weighted by Gasteiger charge is 2.36. The Labute approximate surface area is 159 Å². The van der Waals surface area contributed by atoms with Crippen molar-refractivity contribution in [3.63, 3.8) is 0 Å². The highest BCUT2D eigenvalue weighted by Crippen LogP contribution is 2.34. The van der Waals surface area contributed by atoms with Crippen LogP contribution in [0.2, 0.25) is 0 Å². The van der Waals surface area contributed by atoms with Gasteiger partial charge >= 0.3 is 0 Å². The van der Waals surface area contributed by atoms with Crippen molar-refractivity contribution in [1.29, 1.82) is 0 Å². The monoisotopic (exact) mass is 395 g/mol. The van der Waals surface area contributed by atoms with E-state index in [1.54, 1.807) is 33.0 Å². The van der Waals surface area contributed by atoms with Gasteiger partial charge in [0.2, 0.25) is 10.0 Å². The molecule has 1 saturated carbocycles. The Morgan fingerprint density at radius 3 is 2.33 bits per heavy atom. The molecule has 0 amide bonds. The first-order valence-electron chi connectivity index (χ1n) is 8.94. The van der Waals surface area contributed by atoms with E-state index in [1.165, 1.54) is 16.8 Å². The largest absolute Gasteiger partial charge is 0.351 e. The number of nitrogens with zero attached hydrogens (tertiary/aromatic N) is 1. The fraction of sp³-hybridized carbons (Fsp3) is 0.421. The van der Waals surface area contributed by atoms with Gasteiger partial charge in [0.25, 0.3) is 5.56 Å². The second-order valence-electron chi connectivity index (χ2n) is 6.41. The Balaban J connectivity index is 0.00000126. The number of rotatable bonds is 5. The molecule has 27 heavy (non-hydrogen) atoms. The van der Waals surface area contributed by atoms with Gasteiger partial charge in [0.15, 0.2) is 0 Å². The van der Waals surface area contributed by atoms with Crippen molar-refractivity contribution in [2.45, 2.75) is 45.8 Å². The first-order chi connectivity index (χ1) is 12.7. The Morgan fingerprint density at radius 2 is 1.78 bits per heavy atom. The van der Waals surface area contributed by atoms with Crippen LogP contribution in [0.15, 0.2) is 29.2 Å². The molecule has 1 aliphatic rings. The molecule has 6 nitrogen and oxygen atoms in total. The van der Waals surface area contributed by atoms with E-state index in [-0.39, 0.29) is 22.6 Å². The molecule has 2 N–H and O–H groups in total. The van der Waals surface area contributed by atoms with Crippen LogP contribution >= 0.6 is 0 Å². The van der Waals surface area contributed by atoms with Gasteiger partial charge < -0.3 is 9.88 Å². The number of halogens is 1. The molecule has 0 aliphatic heterocycles. The van der Waals surface area contributed by atoms with Gasteiger partial charge in [0.1, 0.15) is 5.82 Å². The number of anilines is 3. The first kappa shape index (κ1) is 21.0. The molecular formula is C19H26FN3O3S. The van der Waals surface area contributed by atoms with Crippen molar-refractivity contribution >= 4 is 27.1 Å². The molecule has 0 bridgehead atoms. The van der Waals surface area contributed by atoms with Gasteiger partial charge in [-0.25, -0.2) is 12.8 Å². The summed E-state index contributed by atoms with van der Waals surface area (Å²) in [6.07, 6.45) is 2.65. The molecule has 3 rings (SSSR count). The Morgan fingerprint density at radius 1 is 1.15 bits per heavy atom. The van der Waals surface area contributed by atoms with Gasteiger partial charge in [0.05, 0.1) is 22.3 Å². The molecule has 8 heteroatoms. The minimum Gasteiger partial charge on any atom is -0.351 e. The topological polar surface area (TPSA) is 80.2 Å². The summed E-state index contributed by atoms with van der Waals surface area (Å²) in [4.78, 5) is 12.2. The fourth-order valence-electron chi connectivity index (χ4n) is 2.60. The SMILES string of the molecule is CC.Cc1ccc(Nc2c(NS(=O)(=O)C3CC3)cn(C)c(=O)c2C)c(F)c1. The van der Waals surface area contributed by atoms with Crippen LogP contribution in [0.25, 0.3) is 0 Å². The minimum atomic E-state index is -3.52. The molecule has 1 heterocycles. The summed E-state index contributed by atoms with van der Waals surface area (Å²) in [5, 5.41) is 2.46. The van der Waals surface area contributed by atoms with E-state index >= 15 is 0 Å². The second-order valence-corrected chi connectivity index (χ2v) is 8.37. The summed E-state index contributed by atoms with van der Waals surface area (Å²) in [5.74, 6) is -0.476. The van der Waals surface area contributed by atoms with Crippen molar-refractivity contribution in [2.75, 3.05) is 10.0 Å². The molecule has 2 aromatic rings. The number of nitrogens with one attached hydrogen (secondary N) is 2. The van der Waals surface area contributed by atoms with Crippen molar-refractivity contribution in [1.82, 2.24) is 4.57 Å². The molecule has 148 valence electrons. The molecule has 0 radical (unpaired) electrons. The Kier molecular flexibility index (Phi) is 6.30. The Hall–Kier alpha value is -2.35. The number of sulfonamides is 1. The van der Waals surface area contributed by atoms with Gasteiger partial charge in [-0.2, -0.15) is 0 Å². The summed E-state index contributed by atoms with van der Waals surface area (Å²) in [6, 6.07) is 4.66. The Bertz CT molecular complexity index is 996. The zero-order valence-corrected chi connectivity index (χ0v) is 17.1. The number of hydrogen-bond donors (Lipinski definition) is 2. The summed E-state index contributed by atoms with van der Waals surface area (Å²) in [6.45, 7) is 7.34. The molecule has 1 aromatic carbocycles. The maximum atomic E-state index is 14.2. The summed E-state index contributed by atoms with van der Waals surface area (Å²) < 4.78 is 42.6. The number of benzene rings is 1. The van der Waals surface area contributed by atoms with E-state index in [4.69, 9.17) is 0 Å². The molecule has 1 aromatic heterocycles. The van der Waals surface area contributed by atoms with Gasteiger partial charge in [-0.1, -0.05) is 19.9 Å². The van der Waals surface area contributed by atoms with E-state index < -0.39 is 21.1 Å². The van der Waals surface area contributed by atoms with Crippen molar-refractivity contribution < 1.29 is 12.8 Å². The predicted octanol–water partition coefficient (Wildman–Crippen LogP) is 3.82. The summed E-state index contributed by atoms with van der Waals surface area (Å²) >= 11 is 0. The van der Waals surface area contributed by atoms with Crippen LogP contribution in [0.4, 0.5) is 21.5 Å². The average molecular weight is 396 g/mol. The third kappa shape index (κ3) is 4.68. The maximum Gasteiger partial charge on any atom is 0.255 e. The lowest BCUT2D eigenvalue weighted by atomic mass is 10.2. The van der Waals surface area contributed by atoms with Crippen molar-refractivity contribution in [3.8, 4) is 0 Å².